The molecule has 2 aromatic rings. The summed E-state index contributed by atoms with van der Waals surface area (Å²) in [5.41, 5.74) is 3.63. The molecule has 5 nitrogen and oxygen atoms in total. The van der Waals surface area contributed by atoms with Gasteiger partial charge < -0.3 is 10.1 Å². The van der Waals surface area contributed by atoms with Gasteiger partial charge in [-0.2, -0.15) is 0 Å². The molecule has 0 aromatic heterocycles. The lowest BCUT2D eigenvalue weighted by Gasteiger charge is -2.08. The zero-order valence-corrected chi connectivity index (χ0v) is 14.5. The molecule has 0 fully saturated rings. The van der Waals surface area contributed by atoms with Crippen molar-refractivity contribution in [1.29, 1.82) is 0 Å². The first kappa shape index (κ1) is 18.6. The van der Waals surface area contributed by atoms with Crippen molar-refractivity contribution in [2.75, 3.05) is 13.2 Å². The van der Waals surface area contributed by atoms with Crippen LogP contribution in [0.25, 0.3) is 6.08 Å². The Morgan fingerprint density at radius 3 is 2.52 bits per heavy atom. The highest BCUT2D eigenvalue weighted by atomic mass is 32.1. The van der Waals surface area contributed by atoms with Crippen LogP contribution in [-0.4, -0.2) is 29.3 Å². The second kappa shape index (κ2) is 10.2. The highest BCUT2D eigenvalue weighted by Crippen LogP contribution is 2.12. The van der Waals surface area contributed by atoms with Crippen LogP contribution in [0.15, 0.2) is 60.7 Å². The number of carbonyl (C=O) groups is 1. The third-order valence-electron chi connectivity index (χ3n) is 3.33. The minimum atomic E-state index is -0.127. The number of nitrogens with one attached hydrogen (secondary N) is 2. The smallest absolute Gasteiger partial charge is 0.244 e. The molecule has 0 saturated heterocycles. The van der Waals surface area contributed by atoms with Crippen LogP contribution in [0.3, 0.4) is 0 Å². The van der Waals surface area contributed by atoms with Crippen LogP contribution >= 0.6 is 12.2 Å². The number of rotatable bonds is 8. The normalized spacial score (nSPS) is 10.4. The zero-order valence-electron chi connectivity index (χ0n) is 13.6. The van der Waals surface area contributed by atoms with Gasteiger partial charge in [0.25, 0.3) is 0 Å². The van der Waals surface area contributed by atoms with Crippen molar-refractivity contribution in [1.82, 2.24) is 10.8 Å². The number of benzene rings is 2. The van der Waals surface area contributed by atoms with Gasteiger partial charge in [0, 0.05) is 18.2 Å². The second-order valence-corrected chi connectivity index (χ2v) is 5.61. The Morgan fingerprint density at radius 1 is 1.12 bits per heavy atom. The van der Waals surface area contributed by atoms with Crippen molar-refractivity contribution < 1.29 is 14.7 Å². The van der Waals surface area contributed by atoms with E-state index in [1.165, 1.54) is 6.08 Å². The van der Waals surface area contributed by atoms with E-state index in [9.17, 15) is 4.79 Å². The maximum absolute atomic E-state index is 11.7. The maximum Gasteiger partial charge on any atom is 0.244 e. The molecule has 25 heavy (non-hydrogen) atoms. The average molecular weight is 356 g/mol. The number of carbonyl (C=O) groups excluding carboxylic acids is 1. The molecule has 0 spiro atoms. The van der Waals surface area contributed by atoms with E-state index < -0.39 is 0 Å². The Morgan fingerprint density at radius 2 is 1.84 bits per heavy atom. The third-order valence-corrected chi connectivity index (χ3v) is 3.66. The Labute approximate surface area is 152 Å². The van der Waals surface area contributed by atoms with E-state index in [1.54, 1.807) is 30.3 Å². The van der Waals surface area contributed by atoms with Crippen LogP contribution in [0.2, 0.25) is 0 Å². The van der Waals surface area contributed by atoms with Crippen LogP contribution in [0, 0.1) is 0 Å². The van der Waals surface area contributed by atoms with E-state index in [0.29, 0.717) is 30.9 Å². The van der Waals surface area contributed by atoms with Crippen molar-refractivity contribution in [2.24, 2.45) is 0 Å². The Kier molecular flexibility index (Phi) is 7.62. The second-order valence-electron chi connectivity index (χ2n) is 5.20. The summed E-state index contributed by atoms with van der Waals surface area (Å²) in [7, 11) is 0. The molecule has 0 bridgehead atoms. The molecule has 130 valence electrons. The summed E-state index contributed by atoms with van der Waals surface area (Å²) in [6.45, 7) is 1.03. The number of thiocarbonyl (C=S) groups is 1. The van der Waals surface area contributed by atoms with Crippen molar-refractivity contribution >= 4 is 29.2 Å². The van der Waals surface area contributed by atoms with Crippen LogP contribution in [-0.2, 0) is 4.79 Å². The lowest BCUT2D eigenvalue weighted by molar-refractivity contribution is -0.116. The van der Waals surface area contributed by atoms with E-state index in [4.69, 9.17) is 22.2 Å². The minimum absolute atomic E-state index is 0.127. The van der Waals surface area contributed by atoms with Gasteiger partial charge in [0.1, 0.15) is 10.7 Å². The highest BCUT2D eigenvalue weighted by Gasteiger charge is 2.00. The molecular weight excluding hydrogens is 336 g/mol. The molecule has 3 N–H and O–H groups in total. The van der Waals surface area contributed by atoms with Gasteiger partial charge in [0.2, 0.25) is 5.91 Å². The van der Waals surface area contributed by atoms with Crippen molar-refractivity contribution in [3.8, 4) is 5.75 Å². The Hall–Kier alpha value is -2.70. The average Bonchev–Trinajstić information content (AvgIpc) is 2.67. The number of hydroxylamine groups is 1. The lowest BCUT2D eigenvalue weighted by Crippen LogP contribution is -2.23. The molecule has 1 amide bonds. The standard InChI is InChI=1S/C19H20N2O3S/c22-18(12-7-15-5-2-1-3-6-15)20-13-4-14-24-17-10-8-16(9-11-17)19(25)21-23/h1-3,5-12,23H,4,13-14H2,(H,20,22)(H,21,25)/b12-7+. The Balaban J connectivity index is 1.63. The molecule has 0 aliphatic heterocycles. The molecule has 0 heterocycles. The SMILES string of the molecule is O=C(/C=C/c1ccccc1)NCCCOc1ccc(C(=S)NO)cc1. The van der Waals surface area contributed by atoms with Gasteiger partial charge in [-0.25, -0.2) is 0 Å². The van der Waals surface area contributed by atoms with E-state index in [-0.39, 0.29) is 10.9 Å². The molecular formula is C19H20N2O3S. The van der Waals surface area contributed by atoms with Gasteiger partial charge in [-0.1, -0.05) is 42.5 Å². The predicted molar refractivity (Wildman–Crippen MR) is 102 cm³/mol. The fraction of sp³-hybridized carbons (Fsp3) is 0.158. The molecule has 0 atom stereocenters. The number of hydrogen-bond acceptors (Lipinski definition) is 4. The van der Waals surface area contributed by atoms with Crippen molar-refractivity contribution in [3.63, 3.8) is 0 Å². The third kappa shape index (κ3) is 6.74. The fourth-order valence-corrected chi connectivity index (χ4v) is 2.17. The number of hydrogen-bond donors (Lipinski definition) is 3. The molecule has 6 heteroatoms. The predicted octanol–water partition coefficient (Wildman–Crippen LogP) is 2.94. The molecule has 0 aliphatic rings. The summed E-state index contributed by atoms with van der Waals surface area (Å²) in [5.74, 6) is 0.581. The minimum Gasteiger partial charge on any atom is -0.494 e. The molecule has 0 aliphatic carbocycles. The van der Waals surface area contributed by atoms with Gasteiger partial charge in [0.05, 0.1) is 6.61 Å². The van der Waals surface area contributed by atoms with E-state index in [0.717, 1.165) is 5.56 Å². The van der Waals surface area contributed by atoms with Crippen molar-refractivity contribution in [3.05, 3.63) is 71.8 Å². The summed E-state index contributed by atoms with van der Waals surface area (Å²) in [6.07, 6.45) is 4.00. The lowest BCUT2D eigenvalue weighted by atomic mass is 10.2. The summed E-state index contributed by atoms with van der Waals surface area (Å²) in [6, 6.07) is 16.7. The van der Waals surface area contributed by atoms with Crippen LogP contribution in [0.4, 0.5) is 0 Å². The highest BCUT2D eigenvalue weighted by molar-refractivity contribution is 7.80. The molecule has 0 saturated carbocycles. The van der Waals surface area contributed by atoms with Gasteiger partial charge in [0.15, 0.2) is 0 Å². The maximum atomic E-state index is 11.7. The van der Waals surface area contributed by atoms with Gasteiger partial charge in [-0.3, -0.25) is 15.5 Å². The monoisotopic (exact) mass is 356 g/mol. The van der Waals surface area contributed by atoms with Crippen molar-refractivity contribution in [2.45, 2.75) is 6.42 Å². The Bertz CT molecular complexity index is 715. The van der Waals surface area contributed by atoms with E-state index >= 15 is 0 Å². The van der Waals surface area contributed by atoms with Gasteiger partial charge in [-0.15, -0.1) is 0 Å². The first-order chi connectivity index (χ1) is 12.2. The first-order valence-corrected chi connectivity index (χ1v) is 8.28. The van der Waals surface area contributed by atoms with Gasteiger partial charge in [-0.05, 0) is 42.3 Å². The number of amides is 1. The molecule has 2 aromatic carbocycles. The van der Waals surface area contributed by atoms with Crippen LogP contribution in [0.1, 0.15) is 17.5 Å². The van der Waals surface area contributed by atoms with E-state index in [1.807, 2.05) is 35.8 Å². The molecule has 2 rings (SSSR count). The van der Waals surface area contributed by atoms with Crippen LogP contribution < -0.4 is 15.5 Å². The molecule has 0 radical (unpaired) electrons. The topological polar surface area (TPSA) is 70.6 Å². The summed E-state index contributed by atoms with van der Waals surface area (Å²) >= 11 is 4.92. The largest absolute Gasteiger partial charge is 0.494 e. The first-order valence-electron chi connectivity index (χ1n) is 7.87. The summed E-state index contributed by atoms with van der Waals surface area (Å²) in [4.78, 5) is 12.0. The quantitative estimate of drug-likeness (QED) is 0.294. The van der Waals surface area contributed by atoms with E-state index in [2.05, 4.69) is 5.32 Å². The zero-order chi connectivity index (χ0) is 17.9. The fourth-order valence-electron chi connectivity index (χ4n) is 2.04. The summed E-state index contributed by atoms with van der Waals surface area (Å²) < 4.78 is 5.59. The number of ether oxygens (including phenoxy) is 1. The summed E-state index contributed by atoms with van der Waals surface area (Å²) in [5, 5.41) is 11.6. The van der Waals surface area contributed by atoms with Gasteiger partial charge >= 0.3 is 0 Å². The molecule has 0 unspecified atom stereocenters. The van der Waals surface area contributed by atoms with Crippen LogP contribution in [0.5, 0.6) is 5.75 Å².